The molecule has 6 rings (SSSR count). The topological polar surface area (TPSA) is 74.8 Å². The van der Waals surface area contributed by atoms with Crippen molar-refractivity contribution in [1.29, 1.82) is 0 Å². The number of hydrogen-bond acceptors (Lipinski definition) is 4. The molecule has 0 N–H and O–H groups in total. The third kappa shape index (κ3) is 17.6. The molecule has 2 fully saturated rings. The third-order valence-corrected chi connectivity index (χ3v) is 16.0. The number of nitrogens with zero attached hydrogens (tertiary/aromatic N) is 2. The van der Waals surface area contributed by atoms with Gasteiger partial charge >= 0.3 is 0 Å². The van der Waals surface area contributed by atoms with Crippen molar-refractivity contribution >= 4 is 34.4 Å². The molecular formula is C68H92N2O4. The summed E-state index contributed by atoms with van der Waals surface area (Å²) in [7, 11) is 0. The minimum Gasteiger partial charge on any atom is -0.274 e. The average molecular weight is 1000 g/mol. The second-order valence-electron chi connectivity index (χ2n) is 22.1. The first-order valence-electron chi connectivity index (χ1n) is 30.2. The van der Waals surface area contributed by atoms with Gasteiger partial charge in [0.15, 0.2) is 0 Å². The van der Waals surface area contributed by atoms with Crippen LogP contribution in [0.5, 0.6) is 0 Å². The predicted octanol–water partition coefficient (Wildman–Crippen LogP) is 17.3. The molecule has 0 aromatic heterocycles. The van der Waals surface area contributed by atoms with Crippen LogP contribution in [-0.4, -0.2) is 46.5 Å². The number of unbranched alkanes of at least 4 members (excludes halogenated alkanes) is 24. The fourth-order valence-corrected chi connectivity index (χ4v) is 11.6. The Balaban J connectivity index is 1.37. The van der Waals surface area contributed by atoms with Crippen molar-refractivity contribution in [3.8, 4) is 23.7 Å². The van der Waals surface area contributed by atoms with Gasteiger partial charge in [0.25, 0.3) is 23.6 Å². The summed E-state index contributed by atoms with van der Waals surface area (Å²) in [6.45, 7) is 9.64. The average Bonchev–Trinajstić information content (AvgIpc) is 4.15. The maximum atomic E-state index is 15.4. The van der Waals surface area contributed by atoms with Crippen molar-refractivity contribution in [2.75, 3.05) is 13.1 Å². The maximum absolute atomic E-state index is 15.4. The molecule has 10 radical (unpaired) electrons. The molecule has 2 aliphatic heterocycles. The summed E-state index contributed by atoms with van der Waals surface area (Å²) in [6, 6.07) is 3.52. The number of carbonyl (C=O) groups excluding carboxylic acids is 4. The number of hydrogen-bond donors (Lipinski definition) is 0. The SMILES string of the molecule is CCCCCCCCCCC(CCCCCCCC)CN1C(=O)c2cc(C#C[C]3[CH][CH][CH][CH]3)c3c4c(cc(C#C[C]5[CH][CH][CH][CH]5)c(c24)C1=O)C(=O)N(CC(CCCCCCCC)CCCCCCCCCC)C3=O. The molecule has 0 bridgehead atoms. The first kappa shape index (κ1) is 59.3. The highest BCUT2D eigenvalue weighted by atomic mass is 16.2. The van der Waals surface area contributed by atoms with Gasteiger partial charge in [-0.2, -0.15) is 0 Å². The molecule has 6 nitrogen and oxygen atoms in total. The number of carbonyl (C=O) groups is 4. The van der Waals surface area contributed by atoms with Crippen molar-refractivity contribution in [2.45, 2.75) is 233 Å². The van der Waals surface area contributed by atoms with E-state index >= 15 is 19.2 Å². The van der Waals surface area contributed by atoms with Gasteiger partial charge in [0.1, 0.15) is 0 Å². The fraction of sp³-hybridized carbons (Fsp3) is 0.588. The van der Waals surface area contributed by atoms with Crippen LogP contribution in [0, 0.1) is 98.7 Å². The van der Waals surface area contributed by atoms with E-state index in [1.165, 1.54) is 138 Å². The minimum absolute atomic E-state index is 0.158. The Kier molecular flexibility index (Phi) is 26.7. The Morgan fingerprint density at radius 1 is 0.351 bits per heavy atom. The molecule has 398 valence electrons. The Morgan fingerprint density at radius 3 is 0.905 bits per heavy atom. The Labute approximate surface area is 451 Å². The summed E-state index contributed by atoms with van der Waals surface area (Å²) in [5, 5.41) is 0.739. The summed E-state index contributed by atoms with van der Waals surface area (Å²) < 4.78 is 0. The van der Waals surface area contributed by atoms with Crippen LogP contribution in [0.25, 0.3) is 10.8 Å². The van der Waals surface area contributed by atoms with E-state index in [0.29, 0.717) is 57.2 Å². The molecule has 4 amide bonds. The lowest BCUT2D eigenvalue weighted by atomic mass is 9.80. The summed E-state index contributed by atoms with van der Waals surface area (Å²) in [5.74, 6) is 13.6. The highest BCUT2D eigenvalue weighted by Crippen LogP contribution is 2.43. The zero-order chi connectivity index (χ0) is 52.3. The molecule has 4 aliphatic rings. The molecule has 2 heterocycles. The van der Waals surface area contributed by atoms with Gasteiger partial charge in [-0.1, -0.05) is 231 Å². The molecular weight excluding hydrogens is 909 g/mol. The van der Waals surface area contributed by atoms with Gasteiger partial charge in [-0.3, -0.25) is 29.0 Å². The van der Waals surface area contributed by atoms with Crippen LogP contribution in [-0.2, 0) is 0 Å². The van der Waals surface area contributed by atoms with Crippen molar-refractivity contribution in [2.24, 2.45) is 11.8 Å². The highest BCUT2D eigenvalue weighted by molar-refractivity contribution is 6.34. The number of amides is 4. The van der Waals surface area contributed by atoms with E-state index in [1.54, 1.807) is 12.1 Å². The zero-order valence-electron chi connectivity index (χ0n) is 46.5. The van der Waals surface area contributed by atoms with Crippen molar-refractivity contribution in [3.05, 3.63) is 109 Å². The van der Waals surface area contributed by atoms with E-state index < -0.39 is 11.8 Å². The Bertz CT molecular complexity index is 2050. The molecule has 2 aromatic rings. The number of imide groups is 2. The van der Waals surface area contributed by atoms with Crippen LogP contribution < -0.4 is 0 Å². The molecule has 2 aliphatic carbocycles. The van der Waals surface area contributed by atoms with E-state index in [-0.39, 0.29) is 23.7 Å². The second kappa shape index (κ2) is 33.3. The molecule has 2 atom stereocenters. The van der Waals surface area contributed by atoms with Crippen molar-refractivity contribution in [1.82, 2.24) is 9.80 Å². The zero-order valence-corrected chi connectivity index (χ0v) is 46.5. The lowest BCUT2D eigenvalue weighted by Gasteiger charge is -2.35. The molecule has 2 unspecified atom stereocenters. The quantitative estimate of drug-likeness (QED) is 0.0387. The van der Waals surface area contributed by atoms with E-state index in [9.17, 15) is 0 Å². The molecule has 2 saturated carbocycles. The van der Waals surface area contributed by atoms with Gasteiger partial charge < -0.3 is 0 Å². The van der Waals surface area contributed by atoms with Crippen molar-refractivity contribution in [3.63, 3.8) is 0 Å². The van der Waals surface area contributed by atoms with E-state index in [2.05, 4.69) is 51.4 Å². The molecule has 0 spiro atoms. The van der Waals surface area contributed by atoms with Gasteiger partial charge in [0.2, 0.25) is 0 Å². The maximum Gasteiger partial charge on any atom is 0.262 e. The normalized spacial score (nSPS) is 16.6. The monoisotopic (exact) mass is 1000 g/mol. The van der Waals surface area contributed by atoms with Crippen molar-refractivity contribution < 1.29 is 19.2 Å². The standard InChI is InChI=1S/C68H92N2O4/c1-5-9-13-17-21-23-27-31-43-55(41-29-25-19-15-11-7-3)51-69-65(71)59-49-58(48-46-54-39-35-36-40-54)62-64-60(50-57(61(63(59)64)67(69)73)47-45-53-37-33-34-38-53)66(72)70(68(62)74)52-56(42-30-26-20-16-12-8-4)44-32-28-24-22-18-14-10-6-2/h33-40,49-50,55-56H,5-32,41-44,51-52H2,1-4H3. The first-order chi connectivity index (χ1) is 36.3. The Morgan fingerprint density at radius 2 is 0.622 bits per heavy atom. The summed E-state index contributed by atoms with van der Waals surface area (Å²) in [6.07, 6.45) is 53.1. The lowest BCUT2D eigenvalue weighted by molar-refractivity contribution is 0.0556. The minimum atomic E-state index is -0.391. The third-order valence-electron chi connectivity index (χ3n) is 16.0. The van der Waals surface area contributed by atoms with Gasteiger partial charge in [-0.25, -0.2) is 0 Å². The van der Waals surface area contributed by atoms with E-state index in [4.69, 9.17) is 0 Å². The smallest absolute Gasteiger partial charge is 0.262 e. The number of rotatable bonds is 36. The number of benzene rings is 2. The summed E-state index contributed by atoms with van der Waals surface area (Å²) in [5.41, 5.74) is 2.09. The molecule has 0 saturated heterocycles. The van der Waals surface area contributed by atoms with Crippen LogP contribution in [0.4, 0.5) is 0 Å². The largest absolute Gasteiger partial charge is 0.274 e. The summed E-state index contributed by atoms with van der Waals surface area (Å²) >= 11 is 0. The van der Waals surface area contributed by atoms with Crippen LogP contribution in [0.3, 0.4) is 0 Å². The lowest BCUT2D eigenvalue weighted by Crippen LogP contribution is -2.46. The first-order valence-corrected chi connectivity index (χ1v) is 30.2. The van der Waals surface area contributed by atoms with Gasteiger partial charge in [0, 0.05) is 46.1 Å². The Hall–Kier alpha value is -3.90. The molecule has 2 aromatic carbocycles. The summed E-state index contributed by atoms with van der Waals surface area (Å²) in [4.78, 5) is 64.3. The van der Waals surface area contributed by atoms with Crippen LogP contribution >= 0.6 is 0 Å². The van der Waals surface area contributed by atoms with Gasteiger partial charge in [-0.05, 0) is 101 Å². The van der Waals surface area contributed by atoms with Crippen LogP contribution in [0.15, 0.2) is 12.1 Å². The van der Waals surface area contributed by atoms with Gasteiger partial charge in [0.05, 0.1) is 23.0 Å². The molecule has 6 heteroatoms. The molecule has 74 heavy (non-hydrogen) atoms. The van der Waals surface area contributed by atoms with Gasteiger partial charge in [-0.15, -0.1) is 0 Å². The van der Waals surface area contributed by atoms with E-state index in [0.717, 1.165) is 88.9 Å². The predicted molar refractivity (Wildman–Crippen MR) is 307 cm³/mol. The highest BCUT2D eigenvalue weighted by Gasteiger charge is 2.43. The second-order valence-corrected chi connectivity index (χ2v) is 22.1. The fourth-order valence-electron chi connectivity index (χ4n) is 11.6. The van der Waals surface area contributed by atoms with Crippen LogP contribution in [0.2, 0.25) is 0 Å². The van der Waals surface area contributed by atoms with Crippen LogP contribution in [0.1, 0.15) is 286 Å². The van der Waals surface area contributed by atoms with E-state index in [1.807, 2.05) is 51.4 Å².